The Bertz CT molecular complexity index is 1040. The highest BCUT2D eigenvalue weighted by molar-refractivity contribution is 6.10. The number of nitrogens with one attached hydrogen (secondary N) is 1. The van der Waals surface area contributed by atoms with Crippen LogP contribution in [0.3, 0.4) is 0 Å². The average molecular weight is 394 g/mol. The van der Waals surface area contributed by atoms with Gasteiger partial charge < -0.3 is 14.9 Å². The third-order valence-corrected chi connectivity index (χ3v) is 5.54. The molecule has 0 aliphatic carbocycles. The number of furan rings is 1. The Morgan fingerprint density at radius 2 is 1.97 bits per heavy atom. The molecule has 0 saturated carbocycles. The molecule has 3 aromatic rings. The summed E-state index contributed by atoms with van der Waals surface area (Å²) in [6.45, 7) is 1.43. The van der Waals surface area contributed by atoms with E-state index in [0.29, 0.717) is 19.4 Å². The molecular weight excluding hydrogens is 368 g/mol. The van der Waals surface area contributed by atoms with Gasteiger partial charge in [0.15, 0.2) is 0 Å². The number of hydrogen-bond acceptors (Lipinski definition) is 5. The second kappa shape index (κ2) is 8.66. The molecule has 1 aliphatic rings. The first-order chi connectivity index (χ1) is 14.2. The van der Waals surface area contributed by atoms with Crippen LogP contribution in [0.1, 0.15) is 50.0 Å². The highest BCUT2D eigenvalue weighted by Gasteiger charge is 2.30. The maximum atomic E-state index is 12.3. The van der Waals surface area contributed by atoms with Crippen molar-refractivity contribution in [3.05, 3.63) is 42.2 Å². The van der Waals surface area contributed by atoms with Crippen LogP contribution in [0, 0.1) is 0 Å². The normalized spacial score (nSPS) is 17.1. The first-order valence-electron chi connectivity index (χ1n) is 10.3. The van der Waals surface area contributed by atoms with Crippen LogP contribution in [0.25, 0.3) is 21.7 Å². The minimum atomic E-state index is -0.371. The fourth-order valence-corrected chi connectivity index (χ4v) is 4.00. The van der Waals surface area contributed by atoms with Gasteiger partial charge in [-0.3, -0.25) is 14.9 Å². The molecule has 6 heteroatoms. The number of unbranched alkanes of at least 4 members (excludes halogenated alkanes) is 3. The third kappa shape index (κ3) is 4.12. The van der Waals surface area contributed by atoms with Crippen molar-refractivity contribution in [3.8, 4) is 5.75 Å². The lowest BCUT2D eigenvalue weighted by molar-refractivity contribution is -0.134. The summed E-state index contributed by atoms with van der Waals surface area (Å²) in [7, 11) is 0. The van der Waals surface area contributed by atoms with E-state index in [9.17, 15) is 9.59 Å². The van der Waals surface area contributed by atoms with Gasteiger partial charge in [0, 0.05) is 17.4 Å². The Kier molecular flexibility index (Phi) is 5.81. The van der Waals surface area contributed by atoms with E-state index in [0.717, 1.165) is 65.3 Å². The lowest BCUT2D eigenvalue weighted by atomic mass is 9.89. The number of carbonyl (C=O) groups is 2. The number of imide groups is 1. The van der Waals surface area contributed by atoms with Crippen molar-refractivity contribution in [1.82, 2.24) is 5.32 Å². The fourth-order valence-electron chi connectivity index (χ4n) is 4.00. The van der Waals surface area contributed by atoms with Crippen LogP contribution in [-0.2, 0) is 9.59 Å². The Labute approximate surface area is 169 Å². The Morgan fingerprint density at radius 1 is 1.10 bits per heavy atom. The molecule has 1 atom stereocenters. The van der Waals surface area contributed by atoms with Gasteiger partial charge in [-0.1, -0.05) is 18.9 Å². The zero-order valence-electron chi connectivity index (χ0n) is 16.4. The van der Waals surface area contributed by atoms with Crippen LogP contribution >= 0.6 is 0 Å². The monoisotopic (exact) mass is 394 g/mol. The van der Waals surface area contributed by atoms with Crippen LogP contribution in [0.15, 0.2) is 41.0 Å². The van der Waals surface area contributed by atoms with Crippen LogP contribution < -0.4 is 15.8 Å². The van der Waals surface area contributed by atoms with Gasteiger partial charge in [-0.2, -0.15) is 0 Å². The standard InChI is InChI=1S/C23H26N2O4/c24-11-3-1-2-4-12-28-16-6-7-17-15(13-16)5-9-20-22(17)19(14-29-20)18-8-10-21(26)25-23(18)27/h5-7,9,13-14,18H,1-4,8,10-12,24H2,(H,25,26,27). The summed E-state index contributed by atoms with van der Waals surface area (Å²) in [4.78, 5) is 23.8. The molecule has 2 aromatic carbocycles. The van der Waals surface area contributed by atoms with Gasteiger partial charge in [0.05, 0.1) is 18.8 Å². The van der Waals surface area contributed by atoms with E-state index < -0.39 is 0 Å². The van der Waals surface area contributed by atoms with Crippen molar-refractivity contribution in [1.29, 1.82) is 0 Å². The lowest BCUT2D eigenvalue weighted by Gasteiger charge is -2.20. The van der Waals surface area contributed by atoms with Gasteiger partial charge in [0.2, 0.25) is 11.8 Å². The second-order valence-electron chi connectivity index (χ2n) is 7.57. The highest BCUT2D eigenvalue weighted by atomic mass is 16.5. The number of amides is 2. The molecule has 29 heavy (non-hydrogen) atoms. The largest absolute Gasteiger partial charge is 0.494 e. The number of benzene rings is 2. The van der Waals surface area contributed by atoms with Crippen molar-refractivity contribution in [2.45, 2.75) is 44.4 Å². The summed E-state index contributed by atoms with van der Waals surface area (Å²) in [5.41, 5.74) is 7.09. The number of piperidine rings is 1. The number of ether oxygens (including phenoxy) is 1. The van der Waals surface area contributed by atoms with Crippen molar-refractivity contribution in [2.24, 2.45) is 5.73 Å². The topological polar surface area (TPSA) is 94.6 Å². The summed E-state index contributed by atoms with van der Waals surface area (Å²) in [6.07, 6.45) is 6.83. The molecule has 1 saturated heterocycles. The molecule has 1 fully saturated rings. The van der Waals surface area contributed by atoms with Crippen molar-refractivity contribution in [2.75, 3.05) is 13.2 Å². The molecule has 1 unspecified atom stereocenters. The molecule has 152 valence electrons. The summed E-state index contributed by atoms with van der Waals surface area (Å²) >= 11 is 0. The smallest absolute Gasteiger partial charge is 0.234 e. The zero-order valence-corrected chi connectivity index (χ0v) is 16.4. The van der Waals surface area contributed by atoms with E-state index in [1.165, 1.54) is 0 Å². The zero-order chi connectivity index (χ0) is 20.2. The number of nitrogens with two attached hydrogens (primary N) is 1. The molecule has 2 amide bonds. The Morgan fingerprint density at radius 3 is 2.79 bits per heavy atom. The molecular formula is C23H26N2O4. The van der Waals surface area contributed by atoms with E-state index in [2.05, 4.69) is 5.32 Å². The van der Waals surface area contributed by atoms with Gasteiger partial charge in [-0.25, -0.2) is 0 Å². The van der Waals surface area contributed by atoms with Gasteiger partial charge >= 0.3 is 0 Å². The van der Waals surface area contributed by atoms with E-state index in [-0.39, 0.29) is 17.7 Å². The summed E-state index contributed by atoms with van der Waals surface area (Å²) in [5, 5.41) is 5.42. The maximum absolute atomic E-state index is 12.3. The average Bonchev–Trinajstić information content (AvgIpc) is 3.15. The minimum Gasteiger partial charge on any atom is -0.494 e. The van der Waals surface area contributed by atoms with Gasteiger partial charge in [-0.05, 0) is 60.8 Å². The second-order valence-corrected chi connectivity index (χ2v) is 7.57. The van der Waals surface area contributed by atoms with Crippen molar-refractivity contribution >= 4 is 33.6 Å². The predicted octanol–water partition coefficient (Wildman–Crippen LogP) is 4.00. The number of fused-ring (bicyclic) bond motifs is 3. The molecule has 1 aromatic heterocycles. The highest BCUT2D eigenvalue weighted by Crippen LogP contribution is 2.37. The van der Waals surface area contributed by atoms with Crippen LogP contribution in [-0.4, -0.2) is 25.0 Å². The Hall–Kier alpha value is -2.86. The quantitative estimate of drug-likeness (QED) is 0.445. The number of carbonyl (C=O) groups excluding carboxylic acids is 2. The number of hydrogen-bond donors (Lipinski definition) is 2. The predicted molar refractivity (Wildman–Crippen MR) is 112 cm³/mol. The van der Waals surface area contributed by atoms with E-state index >= 15 is 0 Å². The van der Waals surface area contributed by atoms with Crippen LogP contribution in [0.5, 0.6) is 5.75 Å². The molecule has 0 bridgehead atoms. The summed E-state index contributed by atoms with van der Waals surface area (Å²) < 4.78 is 11.6. The van der Waals surface area contributed by atoms with Gasteiger partial charge in [0.25, 0.3) is 0 Å². The van der Waals surface area contributed by atoms with E-state index in [4.69, 9.17) is 14.9 Å². The van der Waals surface area contributed by atoms with Gasteiger partial charge in [-0.15, -0.1) is 0 Å². The molecule has 3 N–H and O–H groups in total. The molecule has 0 radical (unpaired) electrons. The Balaban J connectivity index is 1.56. The lowest BCUT2D eigenvalue weighted by Crippen LogP contribution is -2.39. The molecule has 0 spiro atoms. The van der Waals surface area contributed by atoms with Crippen molar-refractivity contribution < 1.29 is 18.7 Å². The third-order valence-electron chi connectivity index (χ3n) is 5.54. The molecule has 2 heterocycles. The maximum Gasteiger partial charge on any atom is 0.234 e. The van der Waals surface area contributed by atoms with E-state index in [1.807, 2.05) is 30.3 Å². The van der Waals surface area contributed by atoms with Gasteiger partial charge in [0.1, 0.15) is 11.3 Å². The summed E-state index contributed by atoms with van der Waals surface area (Å²) in [6, 6.07) is 9.93. The molecule has 6 nitrogen and oxygen atoms in total. The number of rotatable bonds is 8. The first kappa shape index (κ1) is 19.5. The summed E-state index contributed by atoms with van der Waals surface area (Å²) in [5.74, 6) is -0.00464. The van der Waals surface area contributed by atoms with Crippen molar-refractivity contribution in [3.63, 3.8) is 0 Å². The molecule has 1 aliphatic heterocycles. The SMILES string of the molecule is NCCCCCCOc1ccc2c(ccc3occ(C4CCC(=O)NC4=O)c32)c1. The minimum absolute atomic E-state index is 0.214. The fraction of sp³-hybridized carbons (Fsp3) is 0.391. The van der Waals surface area contributed by atoms with Crippen LogP contribution in [0.2, 0.25) is 0 Å². The molecule has 4 rings (SSSR count). The van der Waals surface area contributed by atoms with Crippen LogP contribution in [0.4, 0.5) is 0 Å². The first-order valence-corrected chi connectivity index (χ1v) is 10.3. The van der Waals surface area contributed by atoms with E-state index in [1.54, 1.807) is 6.26 Å².